The van der Waals surface area contributed by atoms with Crippen LogP contribution in [-0.4, -0.2) is 0 Å². The van der Waals surface area contributed by atoms with Crippen molar-refractivity contribution in [2.45, 2.75) is 62.2 Å². The molecule has 5 aliphatic rings. The number of anilines is 6. The summed E-state index contributed by atoms with van der Waals surface area (Å²) in [6.07, 6.45) is 9.36. The number of fused-ring (bicyclic) bond motifs is 12. The number of para-hydroxylation sites is 4. The number of benzene rings is 14. The Morgan fingerprint density at radius 2 is 0.615 bits per heavy atom. The summed E-state index contributed by atoms with van der Waals surface area (Å²) in [5.74, 6) is 0. The summed E-state index contributed by atoms with van der Waals surface area (Å²) in [5, 5.41) is 4.76. The Morgan fingerprint density at radius 1 is 0.271 bits per heavy atom. The summed E-state index contributed by atoms with van der Waals surface area (Å²) in [4.78, 5) is 5.08. The van der Waals surface area contributed by atoms with Gasteiger partial charge in [-0.05, 0) is 206 Å². The quantitative estimate of drug-likeness (QED) is 0.140. The maximum absolute atomic E-state index is 2.61. The lowest BCUT2D eigenvalue weighted by atomic mass is 9.66. The highest BCUT2D eigenvalue weighted by Crippen LogP contribution is 2.62. The first-order valence-electron chi connectivity index (χ1n) is 34.2. The van der Waals surface area contributed by atoms with Crippen molar-refractivity contribution in [3.63, 3.8) is 0 Å². The van der Waals surface area contributed by atoms with E-state index in [9.17, 15) is 0 Å². The van der Waals surface area contributed by atoms with Crippen molar-refractivity contribution in [3.8, 4) is 44.5 Å². The second kappa shape index (κ2) is 21.1. The Hall–Kier alpha value is -11.3. The molecule has 0 saturated carbocycles. The van der Waals surface area contributed by atoms with Crippen LogP contribution < -0.4 is 9.80 Å². The molecule has 0 aromatic heterocycles. The molecule has 456 valence electrons. The molecule has 96 heavy (non-hydrogen) atoms. The van der Waals surface area contributed by atoms with E-state index in [1.165, 1.54) is 156 Å². The van der Waals surface area contributed by atoms with Crippen LogP contribution in [0.25, 0.3) is 66.1 Å². The second-order valence-electron chi connectivity index (χ2n) is 28.0. The first-order chi connectivity index (χ1) is 47.2. The summed E-state index contributed by atoms with van der Waals surface area (Å²) in [5.41, 5.74) is 30.8. The Kier molecular flexibility index (Phi) is 12.4. The van der Waals surface area contributed by atoms with Crippen LogP contribution in [0.4, 0.5) is 34.1 Å². The van der Waals surface area contributed by atoms with Gasteiger partial charge in [-0.2, -0.15) is 0 Å². The molecule has 0 saturated heterocycles. The van der Waals surface area contributed by atoms with Gasteiger partial charge in [-0.3, -0.25) is 0 Å². The number of rotatable bonds is 8. The highest BCUT2D eigenvalue weighted by Gasteiger charge is 2.49. The number of hydrogen-bond acceptors (Lipinski definition) is 2. The molecule has 0 bridgehead atoms. The molecule has 0 fully saturated rings. The van der Waals surface area contributed by atoms with Crippen molar-refractivity contribution in [1.29, 1.82) is 0 Å². The largest absolute Gasteiger partial charge is 0.310 e. The zero-order valence-electron chi connectivity index (χ0n) is 54.5. The van der Waals surface area contributed by atoms with Crippen molar-refractivity contribution in [2.24, 2.45) is 0 Å². The normalized spacial score (nSPS) is 16.9. The average Bonchev–Trinajstić information content (AvgIpc) is 1.52. The number of allylic oxidation sites excluding steroid dienone is 4. The molecule has 19 rings (SSSR count). The monoisotopic (exact) mass is 1230 g/mol. The summed E-state index contributed by atoms with van der Waals surface area (Å²) in [6, 6.07) is 118. The van der Waals surface area contributed by atoms with Crippen LogP contribution >= 0.6 is 0 Å². The minimum atomic E-state index is -0.610. The summed E-state index contributed by atoms with van der Waals surface area (Å²) in [7, 11) is 0. The molecule has 0 radical (unpaired) electrons. The van der Waals surface area contributed by atoms with E-state index in [1.807, 2.05) is 0 Å². The zero-order valence-corrected chi connectivity index (χ0v) is 54.5. The predicted molar refractivity (Wildman–Crippen MR) is 401 cm³/mol. The van der Waals surface area contributed by atoms with Crippen LogP contribution in [0.3, 0.4) is 0 Å². The van der Waals surface area contributed by atoms with E-state index in [0.717, 1.165) is 24.2 Å². The molecule has 0 N–H and O–H groups in total. The lowest BCUT2D eigenvalue weighted by Gasteiger charge is -2.42. The highest BCUT2D eigenvalue weighted by atomic mass is 15.2. The smallest absolute Gasteiger partial charge is 0.0713 e. The van der Waals surface area contributed by atoms with Crippen molar-refractivity contribution in [3.05, 3.63) is 394 Å². The summed E-state index contributed by atoms with van der Waals surface area (Å²) in [6.45, 7) is 9.54. The molecule has 2 heteroatoms. The number of nitrogens with zero attached hydrogens (tertiary/aromatic N) is 2. The standard InChI is InChI=1S/C94H70N2/c1-91(2)79-41-21-25-45-85(79)95(86-46-26-22-42-80(86)91)67-51-55-73-75(59-67)89(61-49-53-71-69-37-17-19-39-77(69)93(83(71)57-61,63-29-9-5-10-30-63)64-31-11-6-12-32-64)74-56-52-68(96-87-47-27-23-43-81(87)92(3,4)82-44-24-28-48-88(82)96)60-76(74)90(73)62-50-54-72-70-38-18-20-40-78(70)94(84(72)58-62,65-33-13-7-14-34-65)66-35-15-8-16-36-66/h5-7,9-15,17-60H,8,16H2,1-4H3. The maximum Gasteiger partial charge on any atom is 0.0713 e. The van der Waals surface area contributed by atoms with E-state index in [0.29, 0.717) is 0 Å². The van der Waals surface area contributed by atoms with Crippen LogP contribution in [-0.2, 0) is 21.7 Å². The van der Waals surface area contributed by atoms with E-state index in [4.69, 9.17) is 0 Å². The van der Waals surface area contributed by atoms with Gasteiger partial charge in [0.15, 0.2) is 0 Å². The minimum Gasteiger partial charge on any atom is -0.310 e. The Morgan fingerprint density at radius 3 is 1.02 bits per heavy atom. The molecule has 14 aromatic carbocycles. The number of hydrogen-bond donors (Lipinski definition) is 0. The molecule has 2 nitrogen and oxygen atoms in total. The molecular weight excluding hydrogens is 1160 g/mol. The molecule has 1 atom stereocenters. The molecule has 1 unspecified atom stereocenters. The van der Waals surface area contributed by atoms with Crippen LogP contribution in [0, 0.1) is 0 Å². The predicted octanol–water partition coefficient (Wildman–Crippen LogP) is 24.5. The van der Waals surface area contributed by atoms with Gasteiger partial charge in [-0.15, -0.1) is 0 Å². The summed E-state index contributed by atoms with van der Waals surface area (Å²) >= 11 is 0. The van der Waals surface area contributed by atoms with E-state index < -0.39 is 10.8 Å². The van der Waals surface area contributed by atoms with Gasteiger partial charge in [0.2, 0.25) is 0 Å². The van der Waals surface area contributed by atoms with Crippen molar-refractivity contribution >= 4 is 55.7 Å². The van der Waals surface area contributed by atoms with Crippen molar-refractivity contribution in [1.82, 2.24) is 0 Å². The summed E-state index contributed by atoms with van der Waals surface area (Å²) < 4.78 is 0. The van der Waals surface area contributed by atoms with Gasteiger partial charge in [0.25, 0.3) is 0 Å². The minimum absolute atomic E-state index is 0.226. The van der Waals surface area contributed by atoms with E-state index in [-0.39, 0.29) is 10.8 Å². The second-order valence-corrected chi connectivity index (χ2v) is 28.0. The van der Waals surface area contributed by atoms with Gasteiger partial charge in [0, 0.05) is 22.2 Å². The topological polar surface area (TPSA) is 6.48 Å². The van der Waals surface area contributed by atoms with E-state index in [2.05, 4.69) is 365 Å². The Balaban J connectivity index is 0.962. The van der Waals surface area contributed by atoms with Crippen LogP contribution in [0.5, 0.6) is 0 Å². The maximum atomic E-state index is 2.61. The molecule has 3 aliphatic carbocycles. The van der Waals surface area contributed by atoms with Crippen molar-refractivity contribution < 1.29 is 0 Å². The fourth-order valence-electron chi connectivity index (χ4n) is 18.4. The van der Waals surface area contributed by atoms with Gasteiger partial charge in [0.1, 0.15) is 0 Å². The fraction of sp³-hybridized carbons (Fsp3) is 0.106. The van der Waals surface area contributed by atoms with Crippen molar-refractivity contribution in [2.75, 3.05) is 9.80 Å². The molecule has 2 heterocycles. The third-order valence-electron chi connectivity index (χ3n) is 22.6. The lowest BCUT2D eigenvalue weighted by Crippen LogP contribution is -2.30. The Labute approximate surface area is 563 Å². The molecule has 0 amide bonds. The third-order valence-corrected chi connectivity index (χ3v) is 22.6. The van der Waals surface area contributed by atoms with Gasteiger partial charge < -0.3 is 9.80 Å². The first kappa shape index (κ1) is 56.2. The molecule has 2 aliphatic heterocycles. The third kappa shape index (κ3) is 7.76. The van der Waals surface area contributed by atoms with E-state index >= 15 is 0 Å². The van der Waals surface area contributed by atoms with Gasteiger partial charge in [-0.1, -0.05) is 295 Å². The molecule has 14 aromatic rings. The molecule has 0 spiro atoms. The van der Waals surface area contributed by atoms with Gasteiger partial charge >= 0.3 is 0 Å². The average molecular weight is 1230 g/mol. The van der Waals surface area contributed by atoms with Crippen LogP contribution in [0.1, 0.15) is 102 Å². The van der Waals surface area contributed by atoms with Gasteiger partial charge in [0.05, 0.1) is 33.6 Å². The van der Waals surface area contributed by atoms with Crippen LogP contribution in [0.15, 0.2) is 333 Å². The van der Waals surface area contributed by atoms with Crippen LogP contribution in [0.2, 0.25) is 0 Å². The Bertz CT molecular complexity index is 5470. The molecular formula is C94H70N2. The van der Waals surface area contributed by atoms with E-state index in [1.54, 1.807) is 0 Å². The lowest BCUT2D eigenvalue weighted by molar-refractivity contribution is 0.632. The highest BCUT2D eigenvalue weighted by molar-refractivity contribution is 6.23. The zero-order chi connectivity index (χ0) is 64.1. The van der Waals surface area contributed by atoms with Gasteiger partial charge in [-0.25, -0.2) is 0 Å². The fourth-order valence-corrected chi connectivity index (χ4v) is 18.4. The SMILES string of the molecule is CC1(C)c2ccccc2N(c2ccc3c(-c4ccc5c(c4)C(c4ccccc4)(c4ccccc4)c4ccccc4-5)c4cc(N5c6ccccc6C(C)(C)c6ccccc65)ccc4c(-c4ccc5c(c4)C(C4=CCCC=C4)(c4ccccc4)c4ccccc4-5)c3c2)c2ccccc21. The first-order valence-corrected chi connectivity index (χ1v) is 34.2.